The zero-order valence-electron chi connectivity index (χ0n) is 7.72. The molecule has 1 aromatic rings. The summed E-state index contributed by atoms with van der Waals surface area (Å²) in [6.07, 6.45) is 2.58. The highest BCUT2D eigenvalue weighted by molar-refractivity contribution is 9.10. The summed E-state index contributed by atoms with van der Waals surface area (Å²) in [6, 6.07) is 1.43. The second-order valence-electron chi connectivity index (χ2n) is 2.88. The number of hydrogen-bond acceptors (Lipinski definition) is 2. The zero-order chi connectivity index (χ0) is 9.84. The predicted molar refractivity (Wildman–Crippen MR) is 55.5 cm³/mol. The van der Waals surface area contributed by atoms with Crippen LogP contribution in [0.5, 0.6) is 0 Å². The van der Waals surface area contributed by atoms with Gasteiger partial charge in [-0.15, -0.1) is 0 Å². The molecule has 0 aromatic carbocycles. The fourth-order valence-electron chi connectivity index (χ4n) is 1.13. The number of aromatic nitrogens is 1. The molecule has 1 aromatic heterocycles. The molecular formula is C9H12BrFN2. The van der Waals surface area contributed by atoms with Crippen molar-refractivity contribution in [3.63, 3.8) is 0 Å². The van der Waals surface area contributed by atoms with Crippen molar-refractivity contribution in [2.24, 2.45) is 0 Å². The van der Waals surface area contributed by atoms with Crippen molar-refractivity contribution in [3.8, 4) is 0 Å². The Morgan fingerprint density at radius 3 is 2.85 bits per heavy atom. The number of hydrogen-bond donors (Lipinski definition) is 0. The van der Waals surface area contributed by atoms with Crippen molar-refractivity contribution in [3.05, 3.63) is 22.6 Å². The van der Waals surface area contributed by atoms with Crippen LogP contribution in [-0.4, -0.2) is 18.6 Å². The second-order valence-corrected chi connectivity index (χ2v) is 3.80. The third-order valence-electron chi connectivity index (χ3n) is 1.71. The molecule has 0 aliphatic carbocycles. The van der Waals surface area contributed by atoms with Gasteiger partial charge in [-0.1, -0.05) is 6.92 Å². The monoisotopic (exact) mass is 246 g/mol. The Morgan fingerprint density at radius 1 is 1.62 bits per heavy atom. The van der Waals surface area contributed by atoms with Gasteiger partial charge in [0.05, 0.1) is 0 Å². The Bertz CT molecular complexity index is 291. The summed E-state index contributed by atoms with van der Waals surface area (Å²) in [5, 5.41) is 0. The Morgan fingerprint density at radius 2 is 2.31 bits per heavy atom. The van der Waals surface area contributed by atoms with E-state index in [-0.39, 0.29) is 5.82 Å². The lowest BCUT2D eigenvalue weighted by Crippen LogP contribution is -2.20. The summed E-state index contributed by atoms with van der Waals surface area (Å²) < 4.78 is 14.0. The molecule has 4 heteroatoms. The molecule has 1 rings (SSSR count). The van der Waals surface area contributed by atoms with Crippen LogP contribution in [0.4, 0.5) is 10.2 Å². The van der Waals surface area contributed by atoms with Crippen LogP contribution in [0.2, 0.25) is 0 Å². The molecule has 2 nitrogen and oxygen atoms in total. The lowest BCUT2D eigenvalue weighted by Gasteiger charge is -2.17. The van der Waals surface area contributed by atoms with Gasteiger partial charge >= 0.3 is 0 Å². The molecule has 1 heterocycles. The minimum atomic E-state index is -0.287. The number of anilines is 1. The third kappa shape index (κ3) is 2.66. The van der Waals surface area contributed by atoms with Gasteiger partial charge in [0.25, 0.3) is 0 Å². The zero-order valence-corrected chi connectivity index (χ0v) is 9.31. The minimum absolute atomic E-state index is 0.287. The maximum absolute atomic E-state index is 13.3. The van der Waals surface area contributed by atoms with Crippen LogP contribution in [0.3, 0.4) is 0 Å². The van der Waals surface area contributed by atoms with E-state index in [9.17, 15) is 4.39 Å². The molecule has 0 spiro atoms. The topological polar surface area (TPSA) is 16.1 Å². The molecule has 0 unspecified atom stereocenters. The number of halogens is 2. The lowest BCUT2D eigenvalue weighted by atomic mass is 10.4. The Balaban J connectivity index is 2.88. The molecule has 0 fully saturated rings. The number of rotatable bonds is 3. The molecule has 0 atom stereocenters. The molecule has 0 aliphatic rings. The van der Waals surface area contributed by atoms with E-state index in [1.807, 2.05) is 18.9 Å². The second kappa shape index (κ2) is 4.56. The number of pyridine rings is 1. The molecular weight excluding hydrogens is 235 g/mol. The Kier molecular flexibility index (Phi) is 3.66. The van der Waals surface area contributed by atoms with Gasteiger partial charge in [-0.2, -0.15) is 0 Å². The quantitative estimate of drug-likeness (QED) is 0.816. The largest absolute Gasteiger partial charge is 0.357 e. The molecule has 0 saturated carbocycles. The van der Waals surface area contributed by atoms with Crippen molar-refractivity contribution in [1.29, 1.82) is 0 Å². The van der Waals surface area contributed by atoms with Gasteiger partial charge in [0.15, 0.2) is 11.6 Å². The van der Waals surface area contributed by atoms with E-state index < -0.39 is 0 Å². The first-order chi connectivity index (χ1) is 6.15. The van der Waals surface area contributed by atoms with E-state index in [2.05, 4.69) is 20.9 Å². The SMILES string of the molecule is CCCN(C)c1ncc(Br)cc1F. The van der Waals surface area contributed by atoms with Crippen molar-refractivity contribution in [2.75, 3.05) is 18.5 Å². The van der Waals surface area contributed by atoms with Crippen LogP contribution >= 0.6 is 15.9 Å². The summed E-state index contributed by atoms with van der Waals surface area (Å²) >= 11 is 3.16. The van der Waals surface area contributed by atoms with Crippen molar-refractivity contribution >= 4 is 21.7 Å². The van der Waals surface area contributed by atoms with Gasteiger partial charge in [0.2, 0.25) is 0 Å². The van der Waals surface area contributed by atoms with Gasteiger partial charge in [0, 0.05) is 24.3 Å². The minimum Gasteiger partial charge on any atom is -0.357 e. The van der Waals surface area contributed by atoms with Gasteiger partial charge in [0.1, 0.15) is 0 Å². The predicted octanol–water partition coefficient (Wildman–Crippen LogP) is 2.83. The maximum atomic E-state index is 13.3. The third-order valence-corrected chi connectivity index (χ3v) is 2.14. The molecule has 72 valence electrons. The first kappa shape index (κ1) is 10.4. The molecule has 0 aliphatic heterocycles. The van der Waals surface area contributed by atoms with Gasteiger partial charge in [-0.25, -0.2) is 9.37 Å². The number of nitrogens with zero attached hydrogens (tertiary/aromatic N) is 2. The summed E-state index contributed by atoms with van der Waals surface area (Å²) in [7, 11) is 1.84. The average Bonchev–Trinajstić information content (AvgIpc) is 2.04. The van der Waals surface area contributed by atoms with E-state index in [1.165, 1.54) is 6.07 Å². The van der Waals surface area contributed by atoms with Crippen LogP contribution in [-0.2, 0) is 0 Å². The van der Waals surface area contributed by atoms with Crippen molar-refractivity contribution in [2.45, 2.75) is 13.3 Å². The van der Waals surface area contributed by atoms with Gasteiger partial charge in [-0.3, -0.25) is 0 Å². The van der Waals surface area contributed by atoms with Gasteiger partial charge in [-0.05, 0) is 28.4 Å². The van der Waals surface area contributed by atoms with E-state index in [0.29, 0.717) is 10.3 Å². The average molecular weight is 247 g/mol. The molecule has 0 saturated heterocycles. The van der Waals surface area contributed by atoms with Crippen LogP contribution in [0, 0.1) is 5.82 Å². The van der Waals surface area contributed by atoms with Crippen LogP contribution in [0.25, 0.3) is 0 Å². The Hall–Kier alpha value is -0.640. The highest BCUT2D eigenvalue weighted by Gasteiger charge is 2.08. The maximum Gasteiger partial charge on any atom is 0.166 e. The summed E-state index contributed by atoms with van der Waals surface area (Å²) in [5.41, 5.74) is 0. The fourth-order valence-corrected chi connectivity index (χ4v) is 1.43. The highest BCUT2D eigenvalue weighted by Crippen LogP contribution is 2.18. The highest BCUT2D eigenvalue weighted by atomic mass is 79.9. The molecule has 0 amide bonds. The summed E-state index contributed by atoms with van der Waals surface area (Å²) in [5.74, 6) is 0.121. The van der Waals surface area contributed by atoms with E-state index >= 15 is 0 Å². The fraction of sp³-hybridized carbons (Fsp3) is 0.444. The van der Waals surface area contributed by atoms with Crippen molar-refractivity contribution in [1.82, 2.24) is 4.98 Å². The van der Waals surface area contributed by atoms with E-state index in [4.69, 9.17) is 0 Å². The molecule has 0 bridgehead atoms. The molecule has 0 N–H and O–H groups in total. The summed E-state index contributed by atoms with van der Waals surface area (Å²) in [6.45, 7) is 2.86. The van der Waals surface area contributed by atoms with Crippen LogP contribution in [0.15, 0.2) is 16.7 Å². The first-order valence-electron chi connectivity index (χ1n) is 4.17. The van der Waals surface area contributed by atoms with Crippen LogP contribution in [0.1, 0.15) is 13.3 Å². The molecule has 13 heavy (non-hydrogen) atoms. The normalized spacial score (nSPS) is 10.2. The van der Waals surface area contributed by atoms with E-state index in [1.54, 1.807) is 6.20 Å². The van der Waals surface area contributed by atoms with Gasteiger partial charge < -0.3 is 4.90 Å². The first-order valence-corrected chi connectivity index (χ1v) is 4.96. The Labute approximate surface area is 85.9 Å². The smallest absolute Gasteiger partial charge is 0.166 e. The lowest BCUT2D eigenvalue weighted by molar-refractivity contribution is 0.613. The van der Waals surface area contributed by atoms with Crippen LogP contribution < -0.4 is 4.90 Å². The summed E-state index contributed by atoms with van der Waals surface area (Å²) in [4.78, 5) is 5.81. The standard InChI is InChI=1S/C9H12BrFN2/c1-3-4-13(2)9-8(11)5-7(10)6-12-9/h5-6H,3-4H2,1-2H3. The van der Waals surface area contributed by atoms with Crippen molar-refractivity contribution < 1.29 is 4.39 Å². The molecule has 0 radical (unpaired) electrons. The van der Waals surface area contributed by atoms with E-state index in [0.717, 1.165) is 13.0 Å².